The first-order chi connectivity index (χ1) is 8.69. The van der Waals surface area contributed by atoms with Crippen LogP contribution in [0.1, 0.15) is 28.8 Å². The molecule has 2 aromatic rings. The fraction of sp³-hybridized carbons (Fsp3) is 0.214. The molecule has 0 saturated carbocycles. The van der Waals surface area contributed by atoms with Crippen molar-refractivity contribution in [3.05, 3.63) is 53.5 Å². The molecule has 1 amide bonds. The lowest BCUT2D eigenvalue weighted by Crippen LogP contribution is -2.10. The molecule has 0 aliphatic carbocycles. The van der Waals surface area contributed by atoms with Gasteiger partial charge < -0.3 is 15.5 Å². The number of carbonyl (C=O) groups excluding carboxylic acids is 1. The molecule has 0 atom stereocenters. The molecule has 0 bridgehead atoms. The van der Waals surface area contributed by atoms with Crippen molar-refractivity contribution in [3.8, 4) is 0 Å². The number of rotatable bonds is 5. The predicted molar refractivity (Wildman–Crippen MR) is 70.4 cm³/mol. The Labute approximate surface area is 106 Å². The van der Waals surface area contributed by atoms with Crippen molar-refractivity contribution in [2.75, 3.05) is 5.32 Å². The number of primary amides is 1. The molecule has 0 spiro atoms. The van der Waals surface area contributed by atoms with E-state index in [1.54, 1.807) is 12.1 Å². The molecule has 18 heavy (non-hydrogen) atoms. The van der Waals surface area contributed by atoms with Gasteiger partial charge in [-0.25, -0.2) is 0 Å². The minimum Gasteiger partial charge on any atom is -0.464 e. The molecule has 0 radical (unpaired) electrons. The first-order valence-corrected chi connectivity index (χ1v) is 5.90. The summed E-state index contributed by atoms with van der Waals surface area (Å²) in [4.78, 5) is 10.9. The number of hydrogen-bond acceptors (Lipinski definition) is 3. The Hall–Kier alpha value is -2.23. The third-order valence-corrected chi connectivity index (χ3v) is 2.70. The summed E-state index contributed by atoms with van der Waals surface area (Å²) in [6.07, 6.45) is 0.896. The Balaban J connectivity index is 1.95. The van der Waals surface area contributed by atoms with Gasteiger partial charge in [0.05, 0.1) is 6.54 Å². The van der Waals surface area contributed by atoms with Crippen molar-refractivity contribution in [3.63, 3.8) is 0 Å². The highest BCUT2D eigenvalue weighted by Gasteiger charge is 2.02. The van der Waals surface area contributed by atoms with Crippen LogP contribution in [0, 0.1) is 0 Å². The Morgan fingerprint density at radius 1 is 1.17 bits per heavy atom. The van der Waals surface area contributed by atoms with Crippen LogP contribution in [0.15, 0.2) is 40.8 Å². The van der Waals surface area contributed by atoms with Gasteiger partial charge in [-0.2, -0.15) is 0 Å². The Morgan fingerprint density at radius 2 is 1.83 bits per heavy atom. The van der Waals surface area contributed by atoms with E-state index in [0.29, 0.717) is 12.1 Å². The molecule has 1 aromatic carbocycles. The van der Waals surface area contributed by atoms with E-state index in [2.05, 4.69) is 12.2 Å². The van der Waals surface area contributed by atoms with Crippen LogP contribution in [-0.4, -0.2) is 5.91 Å². The summed E-state index contributed by atoms with van der Waals surface area (Å²) in [6.45, 7) is 2.68. The van der Waals surface area contributed by atoms with Crippen LogP contribution in [0.2, 0.25) is 0 Å². The number of amides is 1. The quantitative estimate of drug-likeness (QED) is 0.849. The minimum absolute atomic E-state index is 0.417. The van der Waals surface area contributed by atoms with Gasteiger partial charge in [-0.15, -0.1) is 0 Å². The predicted octanol–water partition coefficient (Wildman–Crippen LogP) is 2.55. The molecule has 94 valence electrons. The van der Waals surface area contributed by atoms with Gasteiger partial charge >= 0.3 is 0 Å². The van der Waals surface area contributed by atoms with Crippen LogP contribution in [0.5, 0.6) is 0 Å². The molecule has 0 saturated heterocycles. The summed E-state index contributed by atoms with van der Waals surface area (Å²) in [7, 11) is 0. The van der Waals surface area contributed by atoms with Gasteiger partial charge in [-0.3, -0.25) is 4.79 Å². The normalized spacial score (nSPS) is 10.3. The number of furan rings is 1. The van der Waals surface area contributed by atoms with Crippen LogP contribution in [0.25, 0.3) is 0 Å². The van der Waals surface area contributed by atoms with E-state index in [0.717, 1.165) is 23.6 Å². The van der Waals surface area contributed by atoms with Crippen LogP contribution in [0.4, 0.5) is 5.69 Å². The monoisotopic (exact) mass is 244 g/mol. The highest BCUT2D eigenvalue weighted by Crippen LogP contribution is 2.13. The molecule has 3 N–H and O–H groups in total. The second-order valence-electron chi connectivity index (χ2n) is 4.02. The number of nitrogens with two attached hydrogens (primary N) is 1. The number of anilines is 1. The zero-order valence-electron chi connectivity index (χ0n) is 10.3. The molecule has 2 rings (SSSR count). The van der Waals surface area contributed by atoms with Crippen molar-refractivity contribution >= 4 is 11.6 Å². The Kier molecular flexibility index (Phi) is 3.67. The smallest absolute Gasteiger partial charge is 0.248 e. The van der Waals surface area contributed by atoms with E-state index < -0.39 is 5.91 Å². The van der Waals surface area contributed by atoms with Gasteiger partial charge in [0.15, 0.2) is 0 Å². The Morgan fingerprint density at radius 3 is 2.39 bits per heavy atom. The summed E-state index contributed by atoms with van der Waals surface area (Å²) < 4.78 is 5.58. The topological polar surface area (TPSA) is 68.3 Å². The maximum absolute atomic E-state index is 10.9. The fourth-order valence-corrected chi connectivity index (χ4v) is 1.65. The summed E-state index contributed by atoms with van der Waals surface area (Å²) in [5, 5.41) is 3.22. The molecule has 0 fully saturated rings. The fourth-order valence-electron chi connectivity index (χ4n) is 1.65. The average Bonchev–Trinajstić information content (AvgIpc) is 2.85. The van der Waals surface area contributed by atoms with Gasteiger partial charge in [0.25, 0.3) is 0 Å². The number of nitrogens with one attached hydrogen (secondary N) is 1. The van der Waals surface area contributed by atoms with E-state index in [9.17, 15) is 4.79 Å². The number of aryl methyl sites for hydroxylation is 1. The second kappa shape index (κ2) is 5.40. The van der Waals surface area contributed by atoms with E-state index in [1.807, 2.05) is 24.3 Å². The maximum atomic E-state index is 10.9. The largest absolute Gasteiger partial charge is 0.464 e. The molecule has 0 aliphatic heterocycles. The second-order valence-corrected chi connectivity index (χ2v) is 4.02. The van der Waals surface area contributed by atoms with Gasteiger partial charge in [0.2, 0.25) is 5.91 Å². The van der Waals surface area contributed by atoms with E-state index >= 15 is 0 Å². The molecule has 1 aromatic heterocycles. The number of carbonyl (C=O) groups is 1. The first kappa shape index (κ1) is 12.2. The molecule has 4 nitrogen and oxygen atoms in total. The highest BCUT2D eigenvalue weighted by atomic mass is 16.3. The summed E-state index contributed by atoms with van der Waals surface area (Å²) >= 11 is 0. The molecule has 4 heteroatoms. The zero-order valence-corrected chi connectivity index (χ0v) is 10.3. The standard InChI is InChI=1S/C14H16N2O2/c1-2-12-7-8-13(18-12)9-16-11-5-3-10(4-6-11)14(15)17/h3-8,16H,2,9H2,1H3,(H2,15,17). The van der Waals surface area contributed by atoms with Crippen LogP contribution >= 0.6 is 0 Å². The van der Waals surface area contributed by atoms with E-state index in [4.69, 9.17) is 10.2 Å². The highest BCUT2D eigenvalue weighted by molar-refractivity contribution is 5.93. The SMILES string of the molecule is CCc1ccc(CNc2ccc(C(N)=O)cc2)o1. The van der Waals surface area contributed by atoms with Gasteiger partial charge in [0, 0.05) is 17.7 Å². The lowest BCUT2D eigenvalue weighted by molar-refractivity contribution is 0.100. The van der Waals surface area contributed by atoms with Gasteiger partial charge in [0.1, 0.15) is 11.5 Å². The van der Waals surface area contributed by atoms with Crippen molar-refractivity contribution < 1.29 is 9.21 Å². The molecule has 0 aliphatic rings. The number of benzene rings is 1. The molecule has 0 unspecified atom stereocenters. The number of hydrogen-bond donors (Lipinski definition) is 2. The van der Waals surface area contributed by atoms with Gasteiger partial charge in [-0.1, -0.05) is 6.92 Å². The lowest BCUT2D eigenvalue weighted by Gasteiger charge is -2.04. The van der Waals surface area contributed by atoms with Crippen LogP contribution in [-0.2, 0) is 13.0 Å². The summed E-state index contributed by atoms with van der Waals surface area (Å²) in [6, 6.07) is 11.0. The van der Waals surface area contributed by atoms with E-state index in [-0.39, 0.29) is 0 Å². The lowest BCUT2D eigenvalue weighted by atomic mass is 10.2. The van der Waals surface area contributed by atoms with Gasteiger partial charge in [-0.05, 0) is 36.4 Å². The zero-order chi connectivity index (χ0) is 13.0. The first-order valence-electron chi connectivity index (χ1n) is 5.90. The molecule has 1 heterocycles. The average molecular weight is 244 g/mol. The summed E-state index contributed by atoms with van der Waals surface area (Å²) in [5.74, 6) is 1.46. The maximum Gasteiger partial charge on any atom is 0.248 e. The van der Waals surface area contributed by atoms with E-state index in [1.165, 1.54) is 0 Å². The third kappa shape index (κ3) is 2.91. The minimum atomic E-state index is -0.417. The molecular formula is C14H16N2O2. The van der Waals surface area contributed by atoms with Crippen molar-refractivity contribution in [1.82, 2.24) is 0 Å². The van der Waals surface area contributed by atoms with Crippen LogP contribution in [0.3, 0.4) is 0 Å². The Bertz CT molecular complexity index is 529. The van der Waals surface area contributed by atoms with Crippen molar-refractivity contribution in [2.45, 2.75) is 19.9 Å². The van der Waals surface area contributed by atoms with Crippen molar-refractivity contribution in [2.24, 2.45) is 5.73 Å². The molecular weight excluding hydrogens is 228 g/mol. The third-order valence-electron chi connectivity index (χ3n) is 2.70. The van der Waals surface area contributed by atoms with Crippen molar-refractivity contribution in [1.29, 1.82) is 0 Å². The summed E-state index contributed by atoms with van der Waals surface area (Å²) in [5.41, 5.74) is 6.60. The van der Waals surface area contributed by atoms with Crippen LogP contribution < -0.4 is 11.1 Å².